The zero-order valence-corrected chi connectivity index (χ0v) is 17.7. The number of fused-ring (bicyclic) bond motifs is 1. The van der Waals surface area contributed by atoms with E-state index in [9.17, 15) is 4.79 Å². The Hall–Kier alpha value is -3.72. The molecule has 0 bridgehead atoms. The number of amides is 1. The molecule has 0 aliphatic carbocycles. The first-order valence-corrected chi connectivity index (χ1v) is 10.4. The number of carbonyl (C=O) groups is 1. The second-order valence-corrected chi connectivity index (χ2v) is 7.32. The molecule has 6 nitrogen and oxygen atoms in total. The number of hydrogen-bond donors (Lipinski definition) is 1. The molecule has 3 aromatic rings. The van der Waals surface area contributed by atoms with Crippen LogP contribution in [0, 0.1) is 12.3 Å². The molecule has 31 heavy (non-hydrogen) atoms. The summed E-state index contributed by atoms with van der Waals surface area (Å²) in [6, 6.07) is 13.9. The van der Waals surface area contributed by atoms with Crippen molar-refractivity contribution in [3.8, 4) is 29.5 Å². The highest BCUT2D eigenvalue weighted by atomic mass is 16.5. The summed E-state index contributed by atoms with van der Waals surface area (Å²) in [7, 11) is 0. The first-order valence-electron chi connectivity index (χ1n) is 10.4. The average molecular weight is 415 g/mol. The molecule has 1 aliphatic heterocycles. The first kappa shape index (κ1) is 20.5. The number of ether oxygens (including phenoxy) is 2. The van der Waals surface area contributed by atoms with Crippen LogP contribution in [0.3, 0.4) is 0 Å². The molecule has 2 aromatic carbocycles. The number of nitrogens with one attached hydrogen (secondary N) is 1. The third-order valence-corrected chi connectivity index (χ3v) is 5.36. The molecule has 1 aromatic heterocycles. The summed E-state index contributed by atoms with van der Waals surface area (Å²) in [6.07, 6.45) is 8.42. The third-order valence-electron chi connectivity index (χ3n) is 5.36. The van der Waals surface area contributed by atoms with Gasteiger partial charge in [0.2, 0.25) is 5.91 Å². The molecule has 4 rings (SSSR count). The minimum Gasteiger partial charge on any atom is -0.490 e. The van der Waals surface area contributed by atoms with Gasteiger partial charge in [0.05, 0.1) is 18.5 Å². The van der Waals surface area contributed by atoms with Crippen molar-refractivity contribution in [2.45, 2.75) is 32.6 Å². The molecule has 0 fully saturated rings. The number of nitrogens with zero attached hydrogens (tertiary/aromatic N) is 2. The van der Waals surface area contributed by atoms with Crippen LogP contribution in [0.4, 0.5) is 5.82 Å². The highest BCUT2D eigenvalue weighted by molar-refractivity contribution is 5.94. The van der Waals surface area contributed by atoms with Crippen LogP contribution in [0.1, 0.15) is 42.9 Å². The molecule has 1 N–H and O–H groups in total. The Balaban J connectivity index is 1.74. The van der Waals surface area contributed by atoms with Crippen LogP contribution in [0.5, 0.6) is 11.5 Å². The molecule has 0 saturated carbocycles. The molecule has 158 valence electrons. The number of aryl methyl sites for hydroxylation is 1. The number of anilines is 1. The molecule has 0 spiro atoms. The molecule has 2 heterocycles. The summed E-state index contributed by atoms with van der Waals surface area (Å²) in [4.78, 5) is 12.6. The van der Waals surface area contributed by atoms with Gasteiger partial charge in [0.1, 0.15) is 12.4 Å². The van der Waals surface area contributed by atoms with Crippen molar-refractivity contribution in [1.82, 2.24) is 9.78 Å². The molecule has 0 saturated heterocycles. The van der Waals surface area contributed by atoms with Gasteiger partial charge in [-0.25, -0.2) is 4.68 Å². The Morgan fingerprint density at radius 1 is 1.19 bits per heavy atom. The van der Waals surface area contributed by atoms with E-state index < -0.39 is 0 Å². The van der Waals surface area contributed by atoms with Gasteiger partial charge >= 0.3 is 0 Å². The van der Waals surface area contributed by atoms with Crippen LogP contribution in [-0.4, -0.2) is 28.9 Å². The fraction of sp³-hybridized carbons (Fsp3) is 0.280. The monoisotopic (exact) mass is 415 g/mol. The second kappa shape index (κ2) is 8.97. The Labute approximate surface area is 182 Å². The van der Waals surface area contributed by atoms with Crippen LogP contribution >= 0.6 is 0 Å². The SMILES string of the molecule is C#CCOc1ccc(C2CC(=O)Nc3c2cnn3-c2cccc(CC)c2)cc1OCC. The summed E-state index contributed by atoms with van der Waals surface area (Å²) in [6.45, 7) is 4.69. The van der Waals surface area contributed by atoms with Crippen LogP contribution in [0.2, 0.25) is 0 Å². The molecule has 1 amide bonds. The number of terminal acetylenes is 1. The zero-order valence-electron chi connectivity index (χ0n) is 17.7. The van der Waals surface area contributed by atoms with E-state index >= 15 is 0 Å². The lowest BCUT2D eigenvalue weighted by atomic mass is 9.87. The van der Waals surface area contributed by atoms with Crippen LogP contribution in [-0.2, 0) is 11.2 Å². The van der Waals surface area contributed by atoms with E-state index in [1.807, 2.05) is 43.5 Å². The van der Waals surface area contributed by atoms with Gasteiger partial charge in [0, 0.05) is 17.9 Å². The van der Waals surface area contributed by atoms with Gasteiger partial charge in [-0.2, -0.15) is 5.10 Å². The topological polar surface area (TPSA) is 65.4 Å². The maximum absolute atomic E-state index is 12.6. The van der Waals surface area contributed by atoms with Crippen molar-refractivity contribution >= 4 is 11.7 Å². The summed E-state index contributed by atoms with van der Waals surface area (Å²) >= 11 is 0. The minimum absolute atomic E-state index is 0.0449. The van der Waals surface area contributed by atoms with Gasteiger partial charge in [0.25, 0.3) is 0 Å². The van der Waals surface area contributed by atoms with E-state index in [2.05, 4.69) is 35.4 Å². The van der Waals surface area contributed by atoms with E-state index in [-0.39, 0.29) is 18.4 Å². The molecular weight excluding hydrogens is 390 g/mol. The number of hydrogen-bond acceptors (Lipinski definition) is 4. The summed E-state index contributed by atoms with van der Waals surface area (Å²) in [5, 5.41) is 7.60. The van der Waals surface area contributed by atoms with E-state index in [1.54, 1.807) is 4.68 Å². The van der Waals surface area contributed by atoms with Crippen molar-refractivity contribution in [2.24, 2.45) is 0 Å². The molecule has 1 unspecified atom stereocenters. The van der Waals surface area contributed by atoms with E-state index in [1.165, 1.54) is 5.56 Å². The normalized spacial score (nSPS) is 15.0. The van der Waals surface area contributed by atoms with Gasteiger partial charge in [-0.05, 0) is 48.7 Å². The minimum atomic E-state index is -0.132. The maximum atomic E-state index is 12.6. The van der Waals surface area contributed by atoms with E-state index in [0.29, 0.717) is 30.3 Å². The number of carbonyl (C=O) groups excluding carboxylic acids is 1. The van der Waals surface area contributed by atoms with Gasteiger partial charge in [-0.3, -0.25) is 4.79 Å². The molecule has 1 aliphatic rings. The van der Waals surface area contributed by atoms with Gasteiger partial charge in [-0.15, -0.1) is 6.42 Å². The lowest BCUT2D eigenvalue weighted by molar-refractivity contribution is -0.116. The molecular formula is C25H25N3O3. The smallest absolute Gasteiger partial charge is 0.226 e. The number of aromatic nitrogens is 2. The Morgan fingerprint density at radius 3 is 2.84 bits per heavy atom. The van der Waals surface area contributed by atoms with Gasteiger partial charge < -0.3 is 14.8 Å². The van der Waals surface area contributed by atoms with Gasteiger partial charge in [-0.1, -0.05) is 31.0 Å². The molecule has 1 atom stereocenters. The molecule has 0 radical (unpaired) electrons. The lowest BCUT2D eigenvalue weighted by Crippen LogP contribution is -2.24. The van der Waals surface area contributed by atoms with Crippen molar-refractivity contribution in [2.75, 3.05) is 18.5 Å². The second-order valence-electron chi connectivity index (χ2n) is 7.32. The van der Waals surface area contributed by atoms with Gasteiger partial charge in [0.15, 0.2) is 11.5 Å². The van der Waals surface area contributed by atoms with Crippen LogP contribution in [0.25, 0.3) is 5.69 Å². The fourth-order valence-electron chi connectivity index (χ4n) is 3.87. The highest BCUT2D eigenvalue weighted by Gasteiger charge is 2.31. The van der Waals surface area contributed by atoms with E-state index in [0.717, 1.165) is 23.2 Å². The number of benzene rings is 2. The Morgan fingerprint density at radius 2 is 2.06 bits per heavy atom. The predicted molar refractivity (Wildman–Crippen MR) is 120 cm³/mol. The average Bonchev–Trinajstić information content (AvgIpc) is 3.21. The van der Waals surface area contributed by atoms with Crippen molar-refractivity contribution < 1.29 is 14.3 Å². The highest BCUT2D eigenvalue weighted by Crippen LogP contribution is 2.41. The number of rotatable bonds is 7. The lowest BCUT2D eigenvalue weighted by Gasteiger charge is -2.24. The zero-order chi connectivity index (χ0) is 21.8. The third kappa shape index (κ3) is 4.13. The largest absolute Gasteiger partial charge is 0.490 e. The van der Waals surface area contributed by atoms with Crippen LogP contribution < -0.4 is 14.8 Å². The van der Waals surface area contributed by atoms with Crippen molar-refractivity contribution in [3.05, 3.63) is 65.4 Å². The Bertz CT molecular complexity index is 1140. The van der Waals surface area contributed by atoms with Crippen LogP contribution in [0.15, 0.2) is 48.7 Å². The predicted octanol–water partition coefficient (Wildman–Crippen LogP) is 4.32. The summed E-state index contributed by atoms with van der Waals surface area (Å²) in [5.74, 6) is 4.21. The Kier molecular flexibility index (Phi) is 5.94. The van der Waals surface area contributed by atoms with E-state index in [4.69, 9.17) is 15.9 Å². The summed E-state index contributed by atoms with van der Waals surface area (Å²) < 4.78 is 13.2. The maximum Gasteiger partial charge on any atom is 0.226 e. The first-order chi connectivity index (χ1) is 15.1. The fourth-order valence-corrected chi connectivity index (χ4v) is 3.87. The standard InChI is InChI=1S/C25H25N3O3/c1-4-12-31-22-11-10-18(14-23(22)30-6-3)20-15-24(29)27-25-21(20)16-26-28(25)19-9-7-8-17(5-2)13-19/h1,7-11,13-14,16,20H,5-6,12,15H2,2-3H3,(H,27,29). The quantitative estimate of drug-likeness (QED) is 0.584. The summed E-state index contributed by atoms with van der Waals surface area (Å²) in [5.41, 5.74) is 4.08. The molecule has 6 heteroatoms. The van der Waals surface area contributed by atoms with Crippen molar-refractivity contribution in [3.63, 3.8) is 0 Å². The van der Waals surface area contributed by atoms with Crippen molar-refractivity contribution in [1.29, 1.82) is 0 Å².